The number of para-hydroxylation sites is 1. The van der Waals surface area contributed by atoms with Crippen molar-refractivity contribution >= 4 is 17.3 Å². The van der Waals surface area contributed by atoms with Gasteiger partial charge in [-0.1, -0.05) is 42.0 Å². The lowest BCUT2D eigenvalue weighted by Crippen LogP contribution is -2.13. The van der Waals surface area contributed by atoms with E-state index >= 15 is 0 Å². The smallest absolute Gasteiger partial charge is 0.259 e. The predicted molar refractivity (Wildman–Crippen MR) is 106 cm³/mol. The number of carbonyl (C=O) groups excluding carboxylic acids is 1. The molecule has 0 radical (unpaired) electrons. The van der Waals surface area contributed by atoms with Crippen LogP contribution < -0.4 is 15.4 Å². The number of aryl methyl sites for hydroxylation is 1. The second-order valence-electron chi connectivity index (χ2n) is 6.07. The van der Waals surface area contributed by atoms with Gasteiger partial charge in [-0.15, -0.1) is 0 Å². The van der Waals surface area contributed by atoms with Crippen LogP contribution in [0.15, 0.2) is 72.8 Å². The van der Waals surface area contributed by atoms with Crippen LogP contribution in [0.1, 0.15) is 21.5 Å². The number of carbonyl (C=O) groups is 1. The van der Waals surface area contributed by atoms with Gasteiger partial charge in [0.25, 0.3) is 5.91 Å². The summed E-state index contributed by atoms with van der Waals surface area (Å²) in [4.78, 5) is 12.4. The topological polar surface area (TPSA) is 50.4 Å². The largest absolute Gasteiger partial charge is 0.496 e. The van der Waals surface area contributed by atoms with E-state index in [2.05, 4.69) is 41.8 Å². The predicted octanol–water partition coefficient (Wildman–Crippen LogP) is 4.87. The van der Waals surface area contributed by atoms with Crippen molar-refractivity contribution < 1.29 is 9.53 Å². The Balaban J connectivity index is 1.61. The minimum atomic E-state index is -0.192. The average molecular weight is 346 g/mol. The molecule has 26 heavy (non-hydrogen) atoms. The Kier molecular flexibility index (Phi) is 5.54. The highest BCUT2D eigenvalue weighted by Crippen LogP contribution is 2.20. The lowest BCUT2D eigenvalue weighted by Gasteiger charge is -2.11. The van der Waals surface area contributed by atoms with Crippen molar-refractivity contribution in [3.05, 3.63) is 89.5 Å². The van der Waals surface area contributed by atoms with Crippen LogP contribution in [0.4, 0.5) is 11.4 Å². The zero-order valence-corrected chi connectivity index (χ0v) is 15.0. The van der Waals surface area contributed by atoms with Crippen LogP contribution in [0, 0.1) is 6.92 Å². The molecule has 0 aliphatic carbocycles. The van der Waals surface area contributed by atoms with Gasteiger partial charge >= 0.3 is 0 Å². The van der Waals surface area contributed by atoms with E-state index in [0.717, 1.165) is 17.9 Å². The molecule has 0 bridgehead atoms. The molecule has 2 N–H and O–H groups in total. The van der Waals surface area contributed by atoms with Crippen LogP contribution in [0.25, 0.3) is 0 Å². The highest BCUT2D eigenvalue weighted by Gasteiger charge is 2.11. The first-order valence-electron chi connectivity index (χ1n) is 8.49. The number of methoxy groups -OCH3 is 1. The van der Waals surface area contributed by atoms with E-state index in [0.29, 0.717) is 11.3 Å². The SMILES string of the molecule is COc1ccccc1C(=O)Nc1ccc(NCc2cccc(C)c2)cc1. The van der Waals surface area contributed by atoms with E-state index in [1.54, 1.807) is 19.2 Å². The van der Waals surface area contributed by atoms with Gasteiger partial charge in [0.15, 0.2) is 0 Å². The third-order valence-electron chi connectivity index (χ3n) is 4.07. The van der Waals surface area contributed by atoms with Gasteiger partial charge in [-0.25, -0.2) is 0 Å². The number of anilines is 2. The summed E-state index contributed by atoms with van der Waals surface area (Å²) < 4.78 is 5.23. The number of hydrogen-bond donors (Lipinski definition) is 2. The molecule has 0 heterocycles. The summed E-state index contributed by atoms with van der Waals surface area (Å²) in [6, 6.07) is 23.2. The Hall–Kier alpha value is -3.27. The molecule has 3 rings (SSSR count). The first-order chi connectivity index (χ1) is 12.7. The van der Waals surface area contributed by atoms with Crippen LogP contribution in [-0.4, -0.2) is 13.0 Å². The Morgan fingerprint density at radius 3 is 2.38 bits per heavy atom. The van der Waals surface area contributed by atoms with Crippen molar-refractivity contribution in [2.75, 3.05) is 17.7 Å². The minimum absolute atomic E-state index is 0.192. The molecule has 0 aliphatic heterocycles. The minimum Gasteiger partial charge on any atom is -0.496 e. The summed E-state index contributed by atoms with van der Waals surface area (Å²) in [6.07, 6.45) is 0. The number of rotatable bonds is 6. The zero-order chi connectivity index (χ0) is 18.4. The monoisotopic (exact) mass is 346 g/mol. The maximum atomic E-state index is 12.4. The second kappa shape index (κ2) is 8.21. The lowest BCUT2D eigenvalue weighted by molar-refractivity contribution is 0.102. The molecule has 0 aliphatic rings. The van der Waals surface area contributed by atoms with Gasteiger partial charge in [0.05, 0.1) is 12.7 Å². The van der Waals surface area contributed by atoms with Gasteiger partial charge in [0.2, 0.25) is 0 Å². The van der Waals surface area contributed by atoms with E-state index < -0.39 is 0 Å². The van der Waals surface area contributed by atoms with Crippen molar-refractivity contribution in [2.45, 2.75) is 13.5 Å². The molecule has 1 amide bonds. The quantitative estimate of drug-likeness (QED) is 0.669. The highest BCUT2D eigenvalue weighted by atomic mass is 16.5. The highest BCUT2D eigenvalue weighted by molar-refractivity contribution is 6.06. The van der Waals surface area contributed by atoms with Crippen molar-refractivity contribution in [1.82, 2.24) is 0 Å². The Morgan fingerprint density at radius 2 is 1.65 bits per heavy atom. The molecule has 4 nitrogen and oxygen atoms in total. The zero-order valence-electron chi connectivity index (χ0n) is 15.0. The van der Waals surface area contributed by atoms with Gasteiger partial charge < -0.3 is 15.4 Å². The molecule has 4 heteroatoms. The second-order valence-corrected chi connectivity index (χ2v) is 6.07. The fraction of sp³-hybridized carbons (Fsp3) is 0.136. The van der Waals surface area contributed by atoms with E-state index in [-0.39, 0.29) is 5.91 Å². The van der Waals surface area contributed by atoms with Gasteiger partial charge in [-0.3, -0.25) is 4.79 Å². The van der Waals surface area contributed by atoms with Gasteiger partial charge in [-0.05, 0) is 48.9 Å². The molecule has 0 fully saturated rings. The molecule has 0 unspecified atom stereocenters. The Bertz CT molecular complexity index is 889. The van der Waals surface area contributed by atoms with Crippen molar-refractivity contribution in [1.29, 1.82) is 0 Å². The fourth-order valence-corrected chi connectivity index (χ4v) is 2.73. The lowest BCUT2D eigenvalue weighted by atomic mass is 10.1. The molecule has 0 spiro atoms. The van der Waals surface area contributed by atoms with Crippen molar-refractivity contribution in [2.24, 2.45) is 0 Å². The number of hydrogen-bond acceptors (Lipinski definition) is 3. The first kappa shape index (κ1) is 17.5. The Morgan fingerprint density at radius 1 is 0.923 bits per heavy atom. The molecule has 3 aromatic rings. The molecule has 0 saturated heterocycles. The number of benzene rings is 3. The summed E-state index contributed by atoms with van der Waals surface area (Å²) in [5, 5.41) is 6.28. The molecular formula is C22H22N2O2. The Labute approximate surface area is 153 Å². The number of amides is 1. The summed E-state index contributed by atoms with van der Waals surface area (Å²) in [5.41, 5.74) is 4.73. The molecule has 3 aromatic carbocycles. The molecule has 0 aromatic heterocycles. The van der Waals surface area contributed by atoms with Gasteiger partial charge in [-0.2, -0.15) is 0 Å². The summed E-state index contributed by atoms with van der Waals surface area (Å²) in [7, 11) is 1.56. The van der Waals surface area contributed by atoms with Crippen molar-refractivity contribution in [3.8, 4) is 5.75 Å². The normalized spacial score (nSPS) is 10.2. The van der Waals surface area contributed by atoms with Crippen LogP contribution in [0.5, 0.6) is 5.75 Å². The summed E-state index contributed by atoms with van der Waals surface area (Å²) in [5.74, 6) is 0.365. The molecular weight excluding hydrogens is 324 g/mol. The van der Waals surface area contributed by atoms with Crippen LogP contribution >= 0.6 is 0 Å². The maximum Gasteiger partial charge on any atom is 0.259 e. The van der Waals surface area contributed by atoms with E-state index in [4.69, 9.17) is 4.74 Å². The van der Waals surface area contributed by atoms with Crippen LogP contribution in [0.2, 0.25) is 0 Å². The van der Waals surface area contributed by atoms with Crippen molar-refractivity contribution in [3.63, 3.8) is 0 Å². The third kappa shape index (κ3) is 4.42. The standard InChI is InChI=1S/C22H22N2O2/c1-16-6-5-7-17(14-16)15-23-18-10-12-19(13-11-18)24-22(25)20-8-3-4-9-21(20)26-2/h3-14,23H,15H2,1-2H3,(H,24,25). The maximum absolute atomic E-state index is 12.4. The first-order valence-corrected chi connectivity index (χ1v) is 8.49. The van der Waals surface area contributed by atoms with Crippen LogP contribution in [0.3, 0.4) is 0 Å². The van der Waals surface area contributed by atoms with E-state index in [9.17, 15) is 4.79 Å². The van der Waals surface area contributed by atoms with Gasteiger partial charge in [0.1, 0.15) is 5.75 Å². The van der Waals surface area contributed by atoms with Gasteiger partial charge in [0, 0.05) is 17.9 Å². The van der Waals surface area contributed by atoms with Crippen LogP contribution in [-0.2, 0) is 6.54 Å². The average Bonchev–Trinajstić information content (AvgIpc) is 2.67. The summed E-state index contributed by atoms with van der Waals surface area (Å²) >= 11 is 0. The number of ether oxygens (including phenoxy) is 1. The number of nitrogens with one attached hydrogen (secondary N) is 2. The third-order valence-corrected chi connectivity index (χ3v) is 4.07. The molecule has 132 valence electrons. The summed E-state index contributed by atoms with van der Waals surface area (Å²) in [6.45, 7) is 2.84. The van der Waals surface area contributed by atoms with E-state index in [1.165, 1.54) is 11.1 Å². The molecule has 0 saturated carbocycles. The molecule has 0 atom stereocenters. The van der Waals surface area contributed by atoms with E-state index in [1.807, 2.05) is 36.4 Å². The fourth-order valence-electron chi connectivity index (χ4n) is 2.73.